The van der Waals surface area contributed by atoms with Crippen molar-refractivity contribution in [3.05, 3.63) is 0 Å². The van der Waals surface area contributed by atoms with Gasteiger partial charge in [-0.15, -0.1) is 0 Å². The van der Waals surface area contributed by atoms with Crippen LogP contribution < -0.4 is 32.7 Å². The highest BCUT2D eigenvalue weighted by molar-refractivity contribution is 8.01. The zero-order chi connectivity index (χ0) is 53.7. The molecule has 2 saturated carbocycles. The minimum absolute atomic E-state index is 0.0997. The van der Waals surface area contributed by atoms with E-state index in [2.05, 4.69) is 49.0 Å². The number of rotatable bonds is 20. The van der Waals surface area contributed by atoms with E-state index >= 15 is 0 Å². The molecule has 4 atom stereocenters. The third-order valence-electron chi connectivity index (χ3n) is 13.0. The Kier molecular flexibility index (Phi) is 27.9. The van der Waals surface area contributed by atoms with Crippen LogP contribution in [0.2, 0.25) is 0 Å². The molecule has 2 heterocycles. The fourth-order valence-electron chi connectivity index (χ4n) is 9.57. The van der Waals surface area contributed by atoms with E-state index in [1.165, 1.54) is 0 Å². The number of nitrogens with two attached hydrogens (primary N) is 2. The van der Waals surface area contributed by atoms with Crippen LogP contribution in [0.4, 0.5) is 9.59 Å². The minimum atomic E-state index is -4.67. The molecule has 4 fully saturated rings. The summed E-state index contributed by atoms with van der Waals surface area (Å²) in [5, 5.41) is 12.3. The molecule has 2 aliphatic heterocycles. The molecule has 2 saturated heterocycles. The average Bonchev–Trinajstić information content (AvgIpc) is 3.98. The SMILES string of the molecule is CCCOC(=O)N[C@H](C(=O)N1CCC[C@H]1C(=O)NCC1CCC(N)CC1)C(C)(C)SC(C)C.CCCOC(=O)N[C@H](C(=O)N1CCC[C@H]1C(=O)NCC1CCC(N)CC1)C(C)(C)SC(C)C.O=S(=O)(O)O. The first-order chi connectivity index (χ1) is 33.1. The normalized spacial score (nSPS) is 23.5. The van der Waals surface area contributed by atoms with Gasteiger partial charge in [0.2, 0.25) is 23.6 Å². The van der Waals surface area contributed by atoms with Gasteiger partial charge in [0.25, 0.3) is 0 Å². The van der Waals surface area contributed by atoms with Crippen molar-refractivity contribution in [2.24, 2.45) is 23.3 Å². The maximum Gasteiger partial charge on any atom is 0.407 e. The van der Waals surface area contributed by atoms with E-state index in [9.17, 15) is 28.8 Å². The Balaban J connectivity index is 0.000000444. The molecule has 4 aliphatic rings. The molecular formula is C48H90N8O12S3. The van der Waals surface area contributed by atoms with Crippen molar-refractivity contribution in [3.63, 3.8) is 0 Å². The van der Waals surface area contributed by atoms with Crippen LogP contribution in [0.3, 0.4) is 0 Å². The zero-order valence-electron chi connectivity index (χ0n) is 44.2. The molecule has 0 bridgehead atoms. The Morgan fingerprint density at radius 1 is 0.606 bits per heavy atom. The summed E-state index contributed by atoms with van der Waals surface area (Å²) >= 11 is 3.26. The van der Waals surface area contributed by atoms with Crippen molar-refractivity contribution < 1.29 is 55.8 Å². The lowest BCUT2D eigenvalue weighted by Gasteiger charge is -2.38. The lowest BCUT2D eigenvalue weighted by molar-refractivity contribution is -0.140. The predicted octanol–water partition coefficient (Wildman–Crippen LogP) is 5.42. The van der Waals surface area contributed by atoms with Crippen LogP contribution in [0.15, 0.2) is 0 Å². The van der Waals surface area contributed by atoms with Gasteiger partial charge < -0.3 is 52.0 Å². The summed E-state index contributed by atoms with van der Waals surface area (Å²) in [5.41, 5.74) is 12.0. The van der Waals surface area contributed by atoms with E-state index in [0.717, 1.165) is 64.2 Å². The molecule has 10 N–H and O–H groups in total. The molecule has 2 aliphatic carbocycles. The fourth-order valence-corrected chi connectivity index (χ4v) is 12.6. The average molecular weight is 1070 g/mol. The van der Waals surface area contributed by atoms with E-state index in [0.29, 0.717) is 76.9 Å². The van der Waals surface area contributed by atoms with Crippen LogP contribution >= 0.6 is 23.5 Å². The molecule has 4 rings (SSSR count). The fraction of sp³-hybridized carbons (Fsp3) is 0.875. The van der Waals surface area contributed by atoms with E-state index in [-0.39, 0.29) is 46.2 Å². The first-order valence-corrected chi connectivity index (χ1v) is 28.8. The summed E-state index contributed by atoms with van der Waals surface area (Å²) < 4.78 is 40.9. The summed E-state index contributed by atoms with van der Waals surface area (Å²) in [5.74, 6) is 0.257. The molecule has 0 aromatic carbocycles. The second-order valence-corrected chi connectivity index (χ2v) is 26.2. The van der Waals surface area contributed by atoms with Gasteiger partial charge in [-0.25, -0.2) is 9.59 Å². The number of likely N-dealkylation sites (tertiary alicyclic amines) is 2. The monoisotopic (exact) mass is 1070 g/mol. The van der Waals surface area contributed by atoms with Crippen molar-refractivity contribution in [1.82, 2.24) is 31.1 Å². The first kappa shape index (κ1) is 64.0. The number of ether oxygens (including phenoxy) is 2. The third kappa shape index (κ3) is 23.8. The second kappa shape index (κ2) is 30.9. The number of hydrogen-bond acceptors (Lipinski definition) is 14. The van der Waals surface area contributed by atoms with Gasteiger partial charge in [-0.05, 0) is 140 Å². The van der Waals surface area contributed by atoms with E-state index in [1.807, 2.05) is 41.5 Å². The molecule has 20 nitrogen and oxygen atoms in total. The Morgan fingerprint density at radius 2 is 0.915 bits per heavy atom. The largest absolute Gasteiger partial charge is 0.450 e. The molecular weight excluding hydrogens is 977 g/mol. The third-order valence-corrected chi connectivity index (χ3v) is 15.6. The van der Waals surface area contributed by atoms with Crippen molar-refractivity contribution >= 4 is 69.7 Å². The molecule has 0 spiro atoms. The standard InChI is InChI=1S/2C24H44N4O4S.H2O4S/c2*1-6-14-32-23(31)27-20(24(4,5)33-16(2)3)22(30)28-13-7-8-19(28)21(29)26-15-17-9-11-18(25)12-10-17;1-5(2,3)4/h2*16-20H,6-15,25H2,1-5H3,(H,26,29)(H,27,31);(H2,1,2,3,4)/t2*17?,18?,19-,20+;/m00./s1. The molecule has 0 aromatic rings. The van der Waals surface area contributed by atoms with Gasteiger partial charge in [0.05, 0.1) is 13.2 Å². The molecule has 23 heteroatoms. The van der Waals surface area contributed by atoms with Gasteiger partial charge in [0.15, 0.2) is 0 Å². The number of nitrogens with zero attached hydrogens (tertiary/aromatic N) is 2. The number of carbonyl (C=O) groups is 6. The Labute approximate surface area is 432 Å². The van der Waals surface area contributed by atoms with Crippen LogP contribution in [-0.2, 0) is 39.1 Å². The number of hydrogen-bond donors (Lipinski definition) is 8. The van der Waals surface area contributed by atoms with Crippen LogP contribution in [-0.4, -0.2) is 159 Å². The van der Waals surface area contributed by atoms with Crippen LogP contribution in [0.25, 0.3) is 0 Å². The highest BCUT2D eigenvalue weighted by Crippen LogP contribution is 2.36. The van der Waals surface area contributed by atoms with Gasteiger partial charge in [-0.1, -0.05) is 41.5 Å². The van der Waals surface area contributed by atoms with Crippen molar-refractivity contribution in [2.45, 2.75) is 215 Å². The minimum Gasteiger partial charge on any atom is -0.450 e. The first-order valence-electron chi connectivity index (χ1n) is 25.7. The number of amides is 6. The van der Waals surface area contributed by atoms with E-state index in [1.54, 1.807) is 33.3 Å². The Morgan fingerprint density at radius 3 is 1.20 bits per heavy atom. The molecule has 0 unspecified atom stereocenters. The quantitative estimate of drug-likeness (QED) is 0.0706. The maximum atomic E-state index is 13.7. The summed E-state index contributed by atoms with van der Waals surface area (Å²) in [4.78, 5) is 81.5. The van der Waals surface area contributed by atoms with Crippen molar-refractivity contribution in [2.75, 3.05) is 39.4 Å². The summed E-state index contributed by atoms with van der Waals surface area (Å²) in [7, 11) is -4.67. The molecule has 6 amide bonds. The molecule has 412 valence electrons. The smallest absolute Gasteiger partial charge is 0.407 e. The Bertz CT molecular complexity index is 1670. The molecule has 0 radical (unpaired) electrons. The lowest BCUT2D eigenvalue weighted by Crippen LogP contribution is -2.60. The molecule has 0 aromatic heterocycles. The summed E-state index contributed by atoms with van der Waals surface area (Å²) in [6.07, 6.45) is 11.1. The number of nitrogens with one attached hydrogen (secondary N) is 4. The highest BCUT2D eigenvalue weighted by Gasteiger charge is 2.46. The summed E-state index contributed by atoms with van der Waals surface area (Å²) in [6.45, 7) is 22.8. The number of carbonyl (C=O) groups excluding carboxylic acids is 6. The lowest BCUT2D eigenvalue weighted by atomic mass is 9.86. The van der Waals surface area contributed by atoms with Crippen LogP contribution in [0.1, 0.15) is 159 Å². The van der Waals surface area contributed by atoms with Crippen LogP contribution in [0.5, 0.6) is 0 Å². The molecule has 71 heavy (non-hydrogen) atoms. The van der Waals surface area contributed by atoms with E-state index < -0.39 is 56.2 Å². The zero-order valence-corrected chi connectivity index (χ0v) is 46.6. The maximum absolute atomic E-state index is 13.7. The van der Waals surface area contributed by atoms with Gasteiger partial charge in [0, 0.05) is 47.8 Å². The Hall–Kier alpha value is -3.09. The van der Waals surface area contributed by atoms with Crippen LogP contribution in [0, 0.1) is 11.8 Å². The number of thioether (sulfide) groups is 2. The van der Waals surface area contributed by atoms with Gasteiger partial charge in [-0.2, -0.15) is 31.9 Å². The summed E-state index contributed by atoms with van der Waals surface area (Å²) in [6, 6.07) is -2.02. The van der Waals surface area contributed by atoms with Gasteiger partial charge in [0.1, 0.15) is 24.2 Å². The number of alkyl carbamates (subject to hydrolysis) is 2. The van der Waals surface area contributed by atoms with Crippen molar-refractivity contribution in [3.8, 4) is 0 Å². The second-order valence-electron chi connectivity index (χ2n) is 20.8. The van der Waals surface area contributed by atoms with Crippen molar-refractivity contribution in [1.29, 1.82) is 0 Å². The van der Waals surface area contributed by atoms with Gasteiger partial charge >= 0.3 is 22.6 Å². The topological polar surface area (TPSA) is 302 Å². The predicted molar refractivity (Wildman–Crippen MR) is 280 cm³/mol. The van der Waals surface area contributed by atoms with E-state index in [4.69, 9.17) is 38.5 Å². The highest BCUT2D eigenvalue weighted by atomic mass is 32.3. The van der Waals surface area contributed by atoms with Gasteiger partial charge in [-0.3, -0.25) is 28.3 Å².